The van der Waals surface area contributed by atoms with Crippen LogP contribution in [0.4, 0.5) is 10.5 Å². The van der Waals surface area contributed by atoms with Crippen LogP contribution >= 0.6 is 11.8 Å². The number of amides is 4. The van der Waals surface area contributed by atoms with Crippen molar-refractivity contribution in [1.29, 1.82) is 0 Å². The fourth-order valence-electron chi connectivity index (χ4n) is 3.77. The quantitative estimate of drug-likeness (QED) is 0.449. The summed E-state index contributed by atoms with van der Waals surface area (Å²) >= 11 is 1.28. The molecule has 1 fully saturated rings. The van der Waals surface area contributed by atoms with E-state index in [4.69, 9.17) is 0 Å². The maximum absolute atomic E-state index is 12.7. The third kappa shape index (κ3) is 5.45. The van der Waals surface area contributed by atoms with Gasteiger partial charge in [0.2, 0.25) is 11.8 Å². The predicted octanol–water partition coefficient (Wildman–Crippen LogP) is 3.06. The van der Waals surface area contributed by atoms with E-state index >= 15 is 0 Å². The number of carbonyl (C=O) groups excluding carboxylic acids is 3. The van der Waals surface area contributed by atoms with Crippen LogP contribution in [-0.2, 0) is 16.0 Å². The first-order chi connectivity index (χ1) is 16.3. The van der Waals surface area contributed by atoms with E-state index in [1.807, 2.05) is 67.8 Å². The number of aromatic nitrogens is 3. The Morgan fingerprint density at radius 2 is 1.94 bits per heavy atom. The molecule has 1 aliphatic heterocycles. The molecule has 3 N–H and O–H groups in total. The first-order valence-corrected chi connectivity index (χ1v) is 11.9. The number of carbonyl (C=O) groups is 3. The van der Waals surface area contributed by atoms with Crippen molar-refractivity contribution in [3.8, 4) is 5.69 Å². The lowest BCUT2D eigenvalue weighted by Crippen LogP contribution is -2.53. The molecular weight excluding hydrogens is 452 g/mol. The van der Waals surface area contributed by atoms with Crippen molar-refractivity contribution in [2.75, 3.05) is 11.1 Å². The number of rotatable bonds is 7. The molecule has 34 heavy (non-hydrogen) atoms. The number of anilines is 1. The molecular formula is C24H26N6O3S. The number of hydrogen-bond donors (Lipinski definition) is 3. The minimum absolute atomic E-state index is 0.143. The highest BCUT2D eigenvalue weighted by molar-refractivity contribution is 7.99. The summed E-state index contributed by atoms with van der Waals surface area (Å²) in [5.74, 6) is 0.284. The zero-order valence-corrected chi connectivity index (χ0v) is 20.0. The SMILES string of the molecule is Cc1cccc(-n2c(CC3CC(=O)NC(=O)N3)nnc2SCC(=O)Nc2cccc(C)c2C)c1. The summed E-state index contributed by atoms with van der Waals surface area (Å²) in [6.07, 6.45) is 0.489. The Bertz CT molecular complexity index is 1240. The highest BCUT2D eigenvalue weighted by atomic mass is 32.2. The van der Waals surface area contributed by atoms with Gasteiger partial charge in [-0.3, -0.25) is 19.5 Å². The van der Waals surface area contributed by atoms with Crippen LogP contribution in [-0.4, -0.2) is 44.4 Å². The Labute approximate surface area is 201 Å². The average molecular weight is 479 g/mol. The van der Waals surface area contributed by atoms with Crippen LogP contribution in [0.25, 0.3) is 5.69 Å². The number of benzene rings is 2. The molecule has 1 unspecified atom stereocenters. The van der Waals surface area contributed by atoms with Crippen molar-refractivity contribution in [3.05, 3.63) is 65.0 Å². The van der Waals surface area contributed by atoms with Crippen LogP contribution < -0.4 is 16.0 Å². The van der Waals surface area contributed by atoms with Crippen LogP contribution in [0, 0.1) is 20.8 Å². The maximum Gasteiger partial charge on any atom is 0.321 e. The third-order valence-electron chi connectivity index (χ3n) is 5.62. The Morgan fingerprint density at radius 3 is 2.71 bits per heavy atom. The molecule has 2 aromatic carbocycles. The lowest BCUT2D eigenvalue weighted by molar-refractivity contribution is -0.121. The topological polar surface area (TPSA) is 118 Å². The van der Waals surface area contributed by atoms with E-state index < -0.39 is 6.03 Å². The van der Waals surface area contributed by atoms with E-state index in [0.29, 0.717) is 17.4 Å². The molecule has 176 valence electrons. The van der Waals surface area contributed by atoms with Gasteiger partial charge in [-0.25, -0.2) is 4.79 Å². The summed E-state index contributed by atoms with van der Waals surface area (Å²) < 4.78 is 1.88. The van der Waals surface area contributed by atoms with Crippen LogP contribution in [0.2, 0.25) is 0 Å². The molecule has 0 spiro atoms. The second kappa shape index (κ2) is 10.1. The Morgan fingerprint density at radius 1 is 1.15 bits per heavy atom. The van der Waals surface area contributed by atoms with Gasteiger partial charge in [0.05, 0.1) is 5.75 Å². The first-order valence-electron chi connectivity index (χ1n) is 10.9. The van der Waals surface area contributed by atoms with Crippen molar-refractivity contribution in [2.24, 2.45) is 0 Å². The van der Waals surface area contributed by atoms with Gasteiger partial charge >= 0.3 is 6.03 Å². The summed E-state index contributed by atoms with van der Waals surface area (Å²) in [5.41, 5.74) is 4.84. The molecule has 9 nitrogen and oxygen atoms in total. The first kappa shape index (κ1) is 23.5. The van der Waals surface area contributed by atoms with Crippen molar-refractivity contribution < 1.29 is 14.4 Å². The van der Waals surface area contributed by atoms with Crippen LogP contribution in [0.5, 0.6) is 0 Å². The molecule has 2 heterocycles. The van der Waals surface area contributed by atoms with Crippen molar-refractivity contribution in [1.82, 2.24) is 25.4 Å². The molecule has 1 atom stereocenters. The predicted molar refractivity (Wildman–Crippen MR) is 130 cm³/mol. The largest absolute Gasteiger partial charge is 0.334 e. The summed E-state index contributed by atoms with van der Waals surface area (Å²) in [4.78, 5) is 36.2. The van der Waals surface area contributed by atoms with Gasteiger partial charge in [0.1, 0.15) is 5.82 Å². The van der Waals surface area contributed by atoms with Crippen molar-refractivity contribution >= 4 is 35.3 Å². The Kier molecular flexibility index (Phi) is 6.97. The monoisotopic (exact) mass is 478 g/mol. The minimum Gasteiger partial charge on any atom is -0.334 e. The van der Waals surface area contributed by atoms with Gasteiger partial charge in [-0.1, -0.05) is 36.0 Å². The number of imide groups is 1. The van der Waals surface area contributed by atoms with Crippen LogP contribution in [0.1, 0.15) is 28.9 Å². The Balaban J connectivity index is 1.54. The molecule has 4 amide bonds. The van der Waals surface area contributed by atoms with E-state index in [9.17, 15) is 14.4 Å². The fourth-order valence-corrected chi connectivity index (χ4v) is 4.54. The number of nitrogens with zero attached hydrogens (tertiary/aromatic N) is 3. The number of urea groups is 1. The van der Waals surface area contributed by atoms with Crippen molar-refractivity contribution in [3.63, 3.8) is 0 Å². The minimum atomic E-state index is -0.513. The molecule has 1 aromatic heterocycles. The second-order valence-corrected chi connectivity index (χ2v) is 9.23. The summed E-state index contributed by atoms with van der Waals surface area (Å²) in [5, 5.41) is 17.2. The van der Waals surface area contributed by atoms with Gasteiger partial charge in [0, 0.05) is 30.3 Å². The standard InChI is InChI=1S/C24H26N6O3S/c1-14-6-4-8-18(10-14)30-20(11-17-12-21(31)27-23(33)25-17)28-29-24(30)34-13-22(32)26-19-9-5-7-15(2)16(19)3/h4-10,17H,11-13H2,1-3H3,(H,26,32)(H2,25,27,31,33). The van der Waals surface area contributed by atoms with Gasteiger partial charge in [0.25, 0.3) is 0 Å². The average Bonchev–Trinajstić information content (AvgIpc) is 3.17. The summed E-state index contributed by atoms with van der Waals surface area (Å²) in [7, 11) is 0. The van der Waals surface area contributed by atoms with Gasteiger partial charge in [-0.15, -0.1) is 10.2 Å². The maximum atomic E-state index is 12.7. The van der Waals surface area contributed by atoms with Crippen molar-refractivity contribution in [2.45, 2.75) is 44.8 Å². The molecule has 4 rings (SSSR count). The van der Waals surface area contributed by atoms with Gasteiger partial charge in [-0.2, -0.15) is 0 Å². The molecule has 0 bridgehead atoms. The van der Waals surface area contributed by atoms with E-state index in [-0.39, 0.29) is 30.0 Å². The number of nitrogens with one attached hydrogen (secondary N) is 3. The summed E-state index contributed by atoms with van der Waals surface area (Å²) in [6.45, 7) is 5.97. The van der Waals surface area contributed by atoms with Crippen LogP contribution in [0.3, 0.4) is 0 Å². The molecule has 10 heteroatoms. The smallest absolute Gasteiger partial charge is 0.321 e. The molecule has 0 aliphatic carbocycles. The van der Waals surface area contributed by atoms with Crippen LogP contribution in [0.15, 0.2) is 47.6 Å². The zero-order chi connectivity index (χ0) is 24.2. The van der Waals surface area contributed by atoms with E-state index in [1.54, 1.807) is 0 Å². The van der Waals surface area contributed by atoms with Gasteiger partial charge in [-0.05, 0) is 55.7 Å². The van der Waals surface area contributed by atoms with Gasteiger partial charge < -0.3 is 10.6 Å². The van der Waals surface area contributed by atoms with E-state index in [2.05, 4.69) is 26.1 Å². The Hall–Kier alpha value is -3.66. The normalized spacial score (nSPS) is 15.6. The molecule has 0 saturated carbocycles. The second-order valence-electron chi connectivity index (χ2n) is 8.28. The number of thioether (sulfide) groups is 1. The summed E-state index contributed by atoms with van der Waals surface area (Å²) in [6, 6.07) is 12.8. The fraction of sp³-hybridized carbons (Fsp3) is 0.292. The van der Waals surface area contributed by atoms with Gasteiger partial charge in [0.15, 0.2) is 5.16 Å². The molecule has 1 aliphatic rings. The number of hydrogen-bond acceptors (Lipinski definition) is 6. The molecule has 0 radical (unpaired) electrons. The number of aryl methyl sites for hydroxylation is 2. The molecule has 3 aromatic rings. The molecule has 1 saturated heterocycles. The lowest BCUT2D eigenvalue weighted by Gasteiger charge is -2.23. The highest BCUT2D eigenvalue weighted by Gasteiger charge is 2.27. The highest BCUT2D eigenvalue weighted by Crippen LogP contribution is 2.25. The van der Waals surface area contributed by atoms with E-state index in [0.717, 1.165) is 28.1 Å². The van der Waals surface area contributed by atoms with E-state index in [1.165, 1.54) is 11.8 Å². The zero-order valence-electron chi connectivity index (χ0n) is 19.2. The third-order valence-corrected chi connectivity index (χ3v) is 6.55. The lowest BCUT2D eigenvalue weighted by atomic mass is 10.1.